The summed E-state index contributed by atoms with van der Waals surface area (Å²) in [5, 5.41) is 0.211. The molecule has 96 valence electrons. The van der Waals surface area contributed by atoms with Gasteiger partial charge in [0, 0.05) is 17.7 Å². The van der Waals surface area contributed by atoms with Crippen molar-refractivity contribution in [2.24, 2.45) is 0 Å². The average Bonchev–Trinajstić information content (AvgIpc) is 2.24. The maximum absolute atomic E-state index is 11.0. The third-order valence-corrected chi connectivity index (χ3v) is 3.03. The molecule has 2 nitrogen and oxygen atoms in total. The van der Waals surface area contributed by atoms with E-state index in [2.05, 4.69) is 0 Å². The molecule has 0 aliphatic carbocycles. The summed E-state index contributed by atoms with van der Waals surface area (Å²) in [7, 11) is 0. The van der Waals surface area contributed by atoms with E-state index < -0.39 is 0 Å². The fourth-order valence-corrected chi connectivity index (χ4v) is 2.12. The minimum absolute atomic E-state index is 0.0835. The maximum atomic E-state index is 11.0. The topological polar surface area (TPSA) is 26.3 Å². The van der Waals surface area contributed by atoms with Crippen LogP contribution in [0.5, 0.6) is 0 Å². The molecule has 0 aromatic carbocycles. The van der Waals surface area contributed by atoms with Gasteiger partial charge in [0.05, 0.1) is 6.61 Å². The largest absolute Gasteiger partial charge is 0.466 e. The fraction of sp³-hybridized carbons (Fsp3) is 0.917. The smallest absolute Gasteiger partial charge is 0.305 e. The van der Waals surface area contributed by atoms with Gasteiger partial charge in [-0.3, -0.25) is 4.79 Å². The van der Waals surface area contributed by atoms with Gasteiger partial charge in [0.15, 0.2) is 0 Å². The zero-order chi connectivity index (χ0) is 12.2. The Hall–Kier alpha value is 0.0500. The summed E-state index contributed by atoms with van der Waals surface area (Å²) in [5.41, 5.74) is 0. The Balaban J connectivity index is 3.18. The molecular formula is C12H22Cl2O2. The molecule has 0 rings (SSSR count). The highest BCUT2D eigenvalue weighted by atomic mass is 35.5. The molecule has 0 aromatic rings. The number of unbranched alkanes of at least 4 members (excludes halogenated alkanes) is 3. The van der Waals surface area contributed by atoms with E-state index in [1.165, 1.54) is 0 Å². The predicted octanol–water partition coefficient (Wildman–Crippen LogP) is 4.13. The molecule has 1 atom stereocenters. The fourth-order valence-electron chi connectivity index (χ4n) is 1.48. The van der Waals surface area contributed by atoms with Gasteiger partial charge < -0.3 is 4.74 Å². The molecule has 0 fully saturated rings. The van der Waals surface area contributed by atoms with Crippen molar-refractivity contribution in [2.45, 2.75) is 57.2 Å². The highest BCUT2D eigenvalue weighted by Crippen LogP contribution is 2.14. The molecular weight excluding hydrogens is 247 g/mol. The van der Waals surface area contributed by atoms with Crippen LogP contribution < -0.4 is 0 Å². The molecule has 1 unspecified atom stereocenters. The summed E-state index contributed by atoms with van der Waals surface area (Å²) in [6, 6.07) is 0. The molecule has 0 amide bonds. The minimum Gasteiger partial charge on any atom is -0.466 e. The lowest BCUT2D eigenvalue weighted by atomic mass is 10.1. The van der Waals surface area contributed by atoms with Gasteiger partial charge in [-0.05, 0) is 26.2 Å². The first kappa shape index (κ1) is 16.1. The van der Waals surface area contributed by atoms with E-state index in [1.54, 1.807) is 0 Å². The van der Waals surface area contributed by atoms with Crippen LogP contribution in [0.2, 0.25) is 0 Å². The second-order valence-electron chi connectivity index (χ2n) is 3.83. The molecule has 0 aliphatic rings. The zero-order valence-electron chi connectivity index (χ0n) is 10.0. The zero-order valence-corrected chi connectivity index (χ0v) is 11.5. The number of ether oxygens (including phenoxy) is 1. The number of carbonyl (C=O) groups excluding carboxylic acids is 1. The third-order valence-electron chi connectivity index (χ3n) is 2.38. The van der Waals surface area contributed by atoms with Gasteiger partial charge in [-0.2, -0.15) is 0 Å². The molecule has 0 aromatic heterocycles. The van der Waals surface area contributed by atoms with Crippen LogP contribution in [0.4, 0.5) is 0 Å². The van der Waals surface area contributed by atoms with Crippen LogP contribution in [0.3, 0.4) is 0 Å². The molecule has 0 radical (unpaired) electrons. The van der Waals surface area contributed by atoms with Crippen molar-refractivity contribution in [3.05, 3.63) is 0 Å². The Morgan fingerprint density at radius 2 is 1.88 bits per heavy atom. The maximum Gasteiger partial charge on any atom is 0.305 e. The number of hydrogen-bond donors (Lipinski definition) is 0. The van der Waals surface area contributed by atoms with Crippen molar-refractivity contribution in [1.29, 1.82) is 0 Å². The van der Waals surface area contributed by atoms with Gasteiger partial charge >= 0.3 is 5.97 Å². The highest BCUT2D eigenvalue weighted by Gasteiger charge is 2.04. The summed E-state index contributed by atoms with van der Waals surface area (Å²) in [6.45, 7) is 2.31. The first-order chi connectivity index (χ1) is 7.70. The lowest BCUT2D eigenvalue weighted by molar-refractivity contribution is -0.143. The average molecular weight is 269 g/mol. The van der Waals surface area contributed by atoms with Gasteiger partial charge in [-0.1, -0.05) is 19.3 Å². The summed E-state index contributed by atoms with van der Waals surface area (Å²) < 4.78 is 4.84. The van der Waals surface area contributed by atoms with Gasteiger partial charge in [0.2, 0.25) is 0 Å². The van der Waals surface area contributed by atoms with Crippen molar-refractivity contribution in [3.63, 3.8) is 0 Å². The number of hydrogen-bond acceptors (Lipinski definition) is 2. The molecule has 0 aliphatic heterocycles. The van der Waals surface area contributed by atoms with Gasteiger partial charge in [-0.15, -0.1) is 23.2 Å². The van der Waals surface area contributed by atoms with Crippen LogP contribution in [0.25, 0.3) is 0 Å². The van der Waals surface area contributed by atoms with Gasteiger partial charge in [0.1, 0.15) is 0 Å². The molecule has 0 saturated heterocycles. The normalized spacial score (nSPS) is 12.4. The molecule has 16 heavy (non-hydrogen) atoms. The van der Waals surface area contributed by atoms with Crippen LogP contribution in [0.1, 0.15) is 51.9 Å². The summed E-state index contributed by atoms with van der Waals surface area (Å²) in [4.78, 5) is 11.0. The van der Waals surface area contributed by atoms with Crippen molar-refractivity contribution in [1.82, 2.24) is 0 Å². The minimum atomic E-state index is -0.0835. The van der Waals surface area contributed by atoms with E-state index >= 15 is 0 Å². The van der Waals surface area contributed by atoms with Crippen LogP contribution in [0.15, 0.2) is 0 Å². The summed E-state index contributed by atoms with van der Waals surface area (Å²) in [6.07, 6.45) is 6.68. The van der Waals surface area contributed by atoms with E-state index in [-0.39, 0.29) is 11.3 Å². The summed E-state index contributed by atoms with van der Waals surface area (Å²) in [5.74, 6) is 0.552. The van der Waals surface area contributed by atoms with Crippen LogP contribution >= 0.6 is 23.2 Å². The second-order valence-corrected chi connectivity index (χ2v) is 4.83. The van der Waals surface area contributed by atoms with Crippen molar-refractivity contribution >= 4 is 29.2 Å². The van der Waals surface area contributed by atoms with E-state index in [4.69, 9.17) is 27.9 Å². The lowest BCUT2D eigenvalue weighted by Gasteiger charge is -2.06. The Labute approximate surface area is 109 Å². The first-order valence-electron chi connectivity index (χ1n) is 6.06. The Kier molecular flexibility index (Phi) is 11.6. The number of carbonyl (C=O) groups is 1. The number of esters is 1. The standard InChI is InChI=1S/C12H22Cl2O2/c1-2-16-12(15)8-6-4-3-5-7-11(14)9-10-13/h11H,2-10H2,1H3. The third kappa shape index (κ3) is 10.6. The van der Waals surface area contributed by atoms with E-state index in [9.17, 15) is 4.79 Å². The first-order valence-corrected chi connectivity index (χ1v) is 7.03. The van der Waals surface area contributed by atoms with Crippen LogP contribution in [-0.4, -0.2) is 23.8 Å². The van der Waals surface area contributed by atoms with Gasteiger partial charge in [-0.25, -0.2) is 0 Å². The molecule has 0 bridgehead atoms. The molecule has 4 heteroatoms. The van der Waals surface area contributed by atoms with Gasteiger partial charge in [0.25, 0.3) is 0 Å². The number of alkyl halides is 2. The summed E-state index contributed by atoms with van der Waals surface area (Å²) >= 11 is 11.6. The highest BCUT2D eigenvalue weighted by molar-refractivity contribution is 6.22. The second kappa shape index (κ2) is 11.5. The number of rotatable bonds is 10. The Bertz CT molecular complexity index is 174. The van der Waals surface area contributed by atoms with Crippen molar-refractivity contribution < 1.29 is 9.53 Å². The Morgan fingerprint density at radius 3 is 2.50 bits per heavy atom. The molecule has 0 heterocycles. The molecule has 0 spiro atoms. The van der Waals surface area contributed by atoms with E-state index in [1.807, 2.05) is 6.92 Å². The Morgan fingerprint density at radius 1 is 1.19 bits per heavy atom. The molecule has 0 N–H and O–H groups in total. The number of halogens is 2. The van der Waals surface area contributed by atoms with E-state index in [0.29, 0.717) is 18.9 Å². The predicted molar refractivity (Wildman–Crippen MR) is 69.3 cm³/mol. The monoisotopic (exact) mass is 268 g/mol. The van der Waals surface area contributed by atoms with Crippen LogP contribution in [0, 0.1) is 0 Å². The SMILES string of the molecule is CCOC(=O)CCCCCCC(Cl)CCCl. The quantitative estimate of drug-likeness (QED) is 0.338. The van der Waals surface area contributed by atoms with Crippen LogP contribution in [-0.2, 0) is 9.53 Å². The van der Waals surface area contributed by atoms with Crippen molar-refractivity contribution in [3.8, 4) is 0 Å². The van der Waals surface area contributed by atoms with Crippen molar-refractivity contribution in [2.75, 3.05) is 12.5 Å². The van der Waals surface area contributed by atoms with E-state index in [0.717, 1.165) is 38.5 Å². The molecule has 0 saturated carbocycles. The lowest BCUT2D eigenvalue weighted by Crippen LogP contribution is -2.03.